The van der Waals surface area contributed by atoms with Crippen molar-refractivity contribution in [3.8, 4) is 11.5 Å². The number of hydrogen-bond acceptors (Lipinski definition) is 6. The Morgan fingerprint density at radius 3 is 2.84 bits per heavy atom. The molecule has 0 aliphatic carbocycles. The summed E-state index contributed by atoms with van der Waals surface area (Å²) >= 11 is 0. The van der Waals surface area contributed by atoms with Crippen molar-refractivity contribution >= 4 is 5.97 Å². The summed E-state index contributed by atoms with van der Waals surface area (Å²) < 4.78 is 22.1. The van der Waals surface area contributed by atoms with E-state index in [1.807, 2.05) is 25.1 Å². The standard InChI is InChI=1S/C19H22O6/c1-4-5-9-19(24-16-12(2)23-18(21)17(16)25-19)10-8-13-6-7-14(20)15(11-13)22-3/h5-7,9,11-12,20H,4,8,10H2,1-3H3/b9-5+. The van der Waals surface area contributed by atoms with Crippen molar-refractivity contribution in [1.29, 1.82) is 0 Å². The topological polar surface area (TPSA) is 74.2 Å². The molecule has 0 amide bonds. The van der Waals surface area contributed by atoms with Gasteiger partial charge in [0.15, 0.2) is 23.4 Å². The van der Waals surface area contributed by atoms with E-state index >= 15 is 0 Å². The summed E-state index contributed by atoms with van der Waals surface area (Å²) in [6.45, 7) is 3.77. The Balaban J connectivity index is 1.77. The minimum absolute atomic E-state index is 0.0948. The first-order chi connectivity index (χ1) is 12.0. The first-order valence-electron chi connectivity index (χ1n) is 8.34. The zero-order chi connectivity index (χ0) is 18.0. The van der Waals surface area contributed by atoms with Crippen LogP contribution in [0.5, 0.6) is 11.5 Å². The average molecular weight is 346 g/mol. The molecule has 3 rings (SSSR count). The number of aromatic hydroxyl groups is 1. The van der Waals surface area contributed by atoms with Crippen molar-refractivity contribution < 1.29 is 28.8 Å². The van der Waals surface area contributed by atoms with Crippen LogP contribution in [0.1, 0.15) is 32.3 Å². The van der Waals surface area contributed by atoms with Gasteiger partial charge in [0.1, 0.15) is 0 Å². The zero-order valence-corrected chi connectivity index (χ0v) is 14.6. The molecule has 1 aromatic rings. The highest BCUT2D eigenvalue weighted by atomic mass is 16.8. The van der Waals surface area contributed by atoms with Crippen molar-refractivity contribution in [3.63, 3.8) is 0 Å². The Morgan fingerprint density at radius 1 is 1.36 bits per heavy atom. The van der Waals surface area contributed by atoms with Crippen LogP contribution in [0.4, 0.5) is 0 Å². The molecule has 134 valence electrons. The number of phenols is 1. The van der Waals surface area contributed by atoms with Gasteiger partial charge in [0.25, 0.3) is 11.5 Å². The van der Waals surface area contributed by atoms with Crippen LogP contribution < -0.4 is 4.74 Å². The Labute approximate surface area is 146 Å². The molecule has 0 bridgehead atoms. The molecule has 0 radical (unpaired) electrons. The van der Waals surface area contributed by atoms with Gasteiger partial charge in [0.2, 0.25) is 0 Å². The SMILES string of the molecule is CC/C=C/C1(CCc2ccc(O)c(OC)c2)OC2=C(O1)C(C)OC2=O. The monoisotopic (exact) mass is 346 g/mol. The lowest BCUT2D eigenvalue weighted by atomic mass is 10.0. The summed E-state index contributed by atoms with van der Waals surface area (Å²) in [5.41, 5.74) is 0.966. The van der Waals surface area contributed by atoms with Crippen LogP contribution in [0, 0.1) is 0 Å². The maximum absolute atomic E-state index is 11.9. The van der Waals surface area contributed by atoms with E-state index in [-0.39, 0.29) is 11.5 Å². The van der Waals surface area contributed by atoms with Gasteiger partial charge in [0, 0.05) is 6.42 Å². The maximum Gasteiger partial charge on any atom is 0.378 e. The third kappa shape index (κ3) is 3.29. The van der Waals surface area contributed by atoms with Gasteiger partial charge in [-0.2, -0.15) is 0 Å². The number of rotatable bonds is 6. The molecule has 1 aromatic carbocycles. The van der Waals surface area contributed by atoms with Crippen LogP contribution in [-0.4, -0.2) is 30.1 Å². The van der Waals surface area contributed by atoms with E-state index in [1.54, 1.807) is 19.1 Å². The number of benzene rings is 1. The Kier molecular flexibility index (Phi) is 4.61. The molecule has 0 fully saturated rings. The molecule has 2 aliphatic rings. The van der Waals surface area contributed by atoms with Crippen molar-refractivity contribution in [2.24, 2.45) is 0 Å². The molecular weight excluding hydrogens is 324 g/mol. The quantitative estimate of drug-likeness (QED) is 0.630. The smallest absolute Gasteiger partial charge is 0.378 e. The van der Waals surface area contributed by atoms with Gasteiger partial charge in [-0.05, 0) is 43.5 Å². The van der Waals surface area contributed by atoms with Gasteiger partial charge in [-0.3, -0.25) is 0 Å². The minimum Gasteiger partial charge on any atom is -0.504 e. The van der Waals surface area contributed by atoms with E-state index in [1.165, 1.54) is 7.11 Å². The van der Waals surface area contributed by atoms with Gasteiger partial charge in [-0.15, -0.1) is 0 Å². The van der Waals surface area contributed by atoms with Crippen LogP contribution >= 0.6 is 0 Å². The summed E-state index contributed by atoms with van der Waals surface area (Å²) in [6, 6.07) is 5.19. The second kappa shape index (κ2) is 6.70. The fourth-order valence-electron chi connectivity index (χ4n) is 2.90. The molecule has 2 unspecified atom stereocenters. The van der Waals surface area contributed by atoms with Crippen molar-refractivity contribution in [2.75, 3.05) is 7.11 Å². The molecule has 2 atom stereocenters. The lowest BCUT2D eigenvalue weighted by Crippen LogP contribution is -2.32. The number of allylic oxidation sites excluding steroid dienone is 1. The number of carbonyl (C=O) groups excluding carboxylic acids is 1. The summed E-state index contributed by atoms with van der Waals surface area (Å²) in [4.78, 5) is 11.9. The maximum atomic E-state index is 11.9. The number of carbonyl (C=O) groups is 1. The Morgan fingerprint density at radius 2 is 2.16 bits per heavy atom. The summed E-state index contributed by atoms with van der Waals surface area (Å²) in [6.07, 6.45) is 5.32. The average Bonchev–Trinajstić information content (AvgIpc) is 3.10. The molecule has 0 saturated carbocycles. The normalized spacial score (nSPS) is 24.9. The van der Waals surface area contributed by atoms with E-state index in [0.29, 0.717) is 24.4 Å². The second-order valence-corrected chi connectivity index (χ2v) is 6.07. The lowest BCUT2D eigenvalue weighted by molar-refractivity contribution is -0.167. The number of hydrogen-bond donors (Lipinski definition) is 1. The van der Waals surface area contributed by atoms with E-state index < -0.39 is 17.9 Å². The van der Waals surface area contributed by atoms with Crippen LogP contribution in [-0.2, 0) is 25.4 Å². The molecule has 1 N–H and O–H groups in total. The molecule has 0 aromatic heterocycles. The zero-order valence-electron chi connectivity index (χ0n) is 14.6. The van der Waals surface area contributed by atoms with E-state index in [0.717, 1.165) is 12.0 Å². The first-order valence-corrected chi connectivity index (χ1v) is 8.34. The van der Waals surface area contributed by atoms with E-state index in [4.69, 9.17) is 18.9 Å². The first kappa shape index (κ1) is 17.2. The number of esters is 1. The number of aryl methyl sites for hydroxylation is 1. The third-order valence-electron chi connectivity index (χ3n) is 4.23. The fourth-order valence-corrected chi connectivity index (χ4v) is 2.90. The van der Waals surface area contributed by atoms with Gasteiger partial charge in [-0.25, -0.2) is 4.79 Å². The Bertz CT molecular complexity index is 735. The molecular formula is C19H22O6. The Hall–Kier alpha value is -2.63. The predicted molar refractivity (Wildman–Crippen MR) is 89.9 cm³/mol. The van der Waals surface area contributed by atoms with Gasteiger partial charge < -0.3 is 24.1 Å². The molecule has 2 heterocycles. The summed E-state index contributed by atoms with van der Waals surface area (Å²) in [5.74, 6) is -0.371. The minimum atomic E-state index is -1.01. The number of phenolic OH excluding ortho intramolecular Hbond substituents is 1. The highest BCUT2D eigenvalue weighted by molar-refractivity contribution is 5.90. The molecule has 25 heavy (non-hydrogen) atoms. The lowest BCUT2D eigenvalue weighted by Gasteiger charge is -2.27. The van der Waals surface area contributed by atoms with Crippen LogP contribution in [0.3, 0.4) is 0 Å². The fraction of sp³-hybridized carbons (Fsp3) is 0.421. The van der Waals surface area contributed by atoms with Crippen LogP contribution in [0.25, 0.3) is 0 Å². The molecule has 6 nitrogen and oxygen atoms in total. The van der Waals surface area contributed by atoms with Crippen LogP contribution in [0.2, 0.25) is 0 Å². The summed E-state index contributed by atoms with van der Waals surface area (Å²) in [5, 5.41) is 9.71. The van der Waals surface area contributed by atoms with Gasteiger partial charge >= 0.3 is 5.97 Å². The molecule has 0 spiro atoms. The highest BCUT2D eigenvalue weighted by Gasteiger charge is 2.49. The molecule has 0 saturated heterocycles. The largest absolute Gasteiger partial charge is 0.504 e. The third-order valence-corrected chi connectivity index (χ3v) is 4.23. The van der Waals surface area contributed by atoms with Crippen molar-refractivity contribution in [2.45, 2.75) is 45.0 Å². The highest BCUT2D eigenvalue weighted by Crippen LogP contribution is 2.42. The van der Waals surface area contributed by atoms with Gasteiger partial charge in [0.05, 0.1) is 7.11 Å². The summed E-state index contributed by atoms with van der Waals surface area (Å²) in [7, 11) is 1.51. The predicted octanol–water partition coefficient (Wildman–Crippen LogP) is 3.20. The van der Waals surface area contributed by atoms with E-state index in [9.17, 15) is 9.90 Å². The van der Waals surface area contributed by atoms with E-state index in [2.05, 4.69) is 0 Å². The number of methoxy groups -OCH3 is 1. The molecule has 6 heteroatoms. The second-order valence-electron chi connectivity index (χ2n) is 6.07. The number of ether oxygens (including phenoxy) is 4. The van der Waals surface area contributed by atoms with Crippen molar-refractivity contribution in [3.05, 3.63) is 47.4 Å². The van der Waals surface area contributed by atoms with Crippen LogP contribution in [0.15, 0.2) is 41.9 Å². The van der Waals surface area contributed by atoms with Gasteiger partial charge in [-0.1, -0.05) is 19.1 Å². The molecule has 2 aliphatic heterocycles. The van der Waals surface area contributed by atoms with Crippen molar-refractivity contribution in [1.82, 2.24) is 0 Å². The number of cyclic esters (lactones) is 1.